The van der Waals surface area contributed by atoms with Gasteiger partial charge < -0.3 is 15.7 Å². The molecule has 136 valence electrons. The number of pyridine rings is 1. The van der Waals surface area contributed by atoms with E-state index in [-0.39, 0.29) is 11.1 Å². The first-order chi connectivity index (χ1) is 11.7. The number of aliphatic hydroxyl groups is 1. The lowest BCUT2D eigenvalue weighted by atomic mass is 10.1. The number of carbonyl (C=O) groups is 1. The maximum atomic E-state index is 12.2. The third-order valence-electron chi connectivity index (χ3n) is 3.62. The van der Waals surface area contributed by atoms with Gasteiger partial charge in [-0.1, -0.05) is 40.9 Å². The molecule has 2 rings (SSSR count). The van der Waals surface area contributed by atoms with Gasteiger partial charge in [-0.3, -0.25) is 4.79 Å². The molecule has 0 spiro atoms. The number of rotatable bonds is 7. The Balaban J connectivity index is 2.48. The highest BCUT2D eigenvalue weighted by Gasteiger charge is 2.19. The van der Waals surface area contributed by atoms with Crippen molar-refractivity contribution in [1.29, 1.82) is 0 Å². The summed E-state index contributed by atoms with van der Waals surface area (Å²) in [6.45, 7) is 5.75. The topological polar surface area (TPSA) is 74.2 Å². The molecule has 0 saturated carbocycles. The molecule has 0 atom stereocenters. The molecule has 5 nitrogen and oxygen atoms in total. The number of carbonyl (C=O) groups excluding carboxylic acids is 1. The number of nitrogens with zero attached hydrogens (tertiary/aromatic N) is 1. The molecule has 0 fully saturated rings. The minimum Gasteiger partial charge on any atom is -0.389 e. The van der Waals surface area contributed by atoms with Crippen molar-refractivity contribution in [1.82, 2.24) is 4.98 Å². The fraction of sp³-hybridized carbons (Fsp3) is 0.444. The van der Waals surface area contributed by atoms with Crippen LogP contribution in [0.4, 0.5) is 11.4 Å². The number of nitrogens with one attached hydrogen (secondary N) is 2. The first-order valence-electron chi connectivity index (χ1n) is 8.26. The Labute approximate surface area is 161 Å². The predicted octanol–water partition coefficient (Wildman–Crippen LogP) is 4.96. The molecule has 0 radical (unpaired) electrons. The van der Waals surface area contributed by atoms with E-state index >= 15 is 0 Å². The van der Waals surface area contributed by atoms with Crippen LogP contribution in [0, 0.1) is 0 Å². The molecule has 3 N–H and O–H groups in total. The standard InChI is InChI=1S/C18H23BrClN3O2/c1-4-5-6-14(24)23-16-15(21-10-18(2,3)25)12-8-7-11(19)9-13(12)22-17(16)20/h7-9,25H,4-6,10H2,1-3H3,(H,21,22)(H,23,24). The fourth-order valence-electron chi connectivity index (χ4n) is 2.35. The molecule has 0 unspecified atom stereocenters. The average Bonchev–Trinajstić information content (AvgIpc) is 2.51. The van der Waals surface area contributed by atoms with E-state index in [2.05, 4.69) is 31.5 Å². The summed E-state index contributed by atoms with van der Waals surface area (Å²) in [4.78, 5) is 16.6. The van der Waals surface area contributed by atoms with Crippen LogP contribution in [0.1, 0.15) is 40.0 Å². The number of halogens is 2. The Bertz CT molecular complexity index is 775. The molecule has 25 heavy (non-hydrogen) atoms. The zero-order valence-corrected chi connectivity index (χ0v) is 17.0. The van der Waals surface area contributed by atoms with Gasteiger partial charge in [0.1, 0.15) is 5.69 Å². The quantitative estimate of drug-likeness (QED) is 0.545. The highest BCUT2D eigenvalue weighted by molar-refractivity contribution is 9.10. The van der Waals surface area contributed by atoms with Crippen molar-refractivity contribution in [3.8, 4) is 0 Å². The van der Waals surface area contributed by atoms with Crippen LogP contribution in [0.2, 0.25) is 5.15 Å². The minimum absolute atomic E-state index is 0.103. The fourth-order valence-corrected chi connectivity index (χ4v) is 2.93. The second-order valence-corrected chi connectivity index (χ2v) is 7.91. The Morgan fingerprint density at radius 3 is 2.72 bits per heavy atom. The van der Waals surface area contributed by atoms with Gasteiger partial charge in [0.15, 0.2) is 5.15 Å². The highest BCUT2D eigenvalue weighted by atomic mass is 79.9. The SMILES string of the molecule is CCCCC(=O)Nc1c(Cl)nc2cc(Br)ccc2c1NCC(C)(C)O. The molecule has 7 heteroatoms. The monoisotopic (exact) mass is 427 g/mol. The van der Waals surface area contributed by atoms with Gasteiger partial charge in [-0.2, -0.15) is 0 Å². The van der Waals surface area contributed by atoms with Crippen LogP contribution in [0.3, 0.4) is 0 Å². The Hall–Kier alpha value is -1.37. The molecule has 0 bridgehead atoms. The molecule has 0 saturated heterocycles. The van der Waals surface area contributed by atoms with Gasteiger partial charge in [-0.25, -0.2) is 4.98 Å². The smallest absolute Gasteiger partial charge is 0.224 e. The van der Waals surface area contributed by atoms with Crippen LogP contribution in [0.25, 0.3) is 10.9 Å². The number of fused-ring (bicyclic) bond motifs is 1. The molecular formula is C18H23BrClN3O2. The number of anilines is 2. The number of amides is 1. The van der Waals surface area contributed by atoms with E-state index in [1.54, 1.807) is 13.8 Å². The molecule has 0 aliphatic heterocycles. The van der Waals surface area contributed by atoms with Crippen LogP contribution in [-0.4, -0.2) is 28.1 Å². The number of aromatic nitrogens is 1. The van der Waals surface area contributed by atoms with Gasteiger partial charge in [0.05, 0.1) is 16.8 Å². The molecule has 1 heterocycles. The third kappa shape index (κ3) is 5.56. The van der Waals surface area contributed by atoms with Gasteiger partial charge in [0.2, 0.25) is 5.91 Å². The summed E-state index contributed by atoms with van der Waals surface area (Å²) < 4.78 is 0.886. The van der Waals surface area contributed by atoms with Crippen molar-refractivity contribution in [2.45, 2.75) is 45.6 Å². The Kier molecular flexibility index (Phi) is 6.65. The van der Waals surface area contributed by atoms with Crippen molar-refractivity contribution in [2.75, 3.05) is 17.2 Å². The highest BCUT2D eigenvalue weighted by Crippen LogP contribution is 2.37. The number of hydrogen-bond donors (Lipinski definition) is 3. The maximum absolute atomic E-state index is 12.2. The summed E-state index contributed by atoms with van der Waals surface area (Å²) in [7, 11) is 0. The second kappa shape index (κ2) is 8.34. The number of unbranched alkanes of at least 4 members (excludes halogenated alkanes) is 1. The van der Waals surface area contributed by atoms with E-state index in [0.717, 1.165) is 22.7 Å². The van der Waals surface area contributed by atoms with E-state index < -0.39 is 5.60 Å². The largest absolute Gasteiger partial charge is 0.389 e. The molecule has 1 aromatic heterocycles. The van der Waals surface area contributed by atoms with E-state index in [1.807, 2.05) is 25.1 Å². The number of hydrogen-bond acceptors (Lipinski definition) is 4. The van der Waals surface area contributed by atoms with E-state index in [0.29, 0.717) is 29.9 Å². The summed E-state index contributed by atoms with van der Waals surface area (Å²) in [5.74, 6) is -0.103. The average molecular weight is 429 g/mol. The first kappa shape index (κ1) is 19.9. The van der Waals surface area contributed by atoms with Crippen molar-refractivity contribution in [3.05, 3.63) is 27.8 Å². The minimum atomic E-state index is -0.916. The zero-order valence-electron chi connectivity index (χ0n) is 14.6. The van der Waals surface area contributed by atoms with Crippen molar-refractivity contribution >= 4 is 55.7 Å². The molecule has 2 aromatic rings. The molecule has 1 aromatic carbocycles. The summed E-state index contributed by atoms with van der Waals surface area (Å²) in [5, 5.41) is 17.2. The van der Waals surface area contributed by atoms with E-state index in [9.17, 15) is 9.90 Å². The van der Waals surface area contributed by atoms with Gasteiger partial charge in [-0.05, 0) is 38.5 Å². The maximum Gasteiger partial charge on any atom is 0.224 e. The first-order valence-corrected chi connectivity index (χ1v) is 9.43. The molecular weight excluding hydrogens is 406 g/mol. The lowest BCUT2D eigenvalue weighted by Gasteiger charge is -2.22. The summed E-state index contributed by atoms with van der Waals surface area (Å²) >= 11 is 9.77. The van der Waals surface area contributed by atoms with Crippen LogP contribution in [0.5, 0.6) is 0 Å². The van der Waals surface area contributed by atoms with Crippen LogP contribution >= 0.6 is 27.5 Å². The second-order valence-electron chi connectivity index (χ2n) is 6.63. The third-order valence-corrected chi connectivity index (χ3v) is 4.39. The van der Waals surface area contributed by atoms with Crippen molar-refractivity contribution < 1.29 is 9.90 Å². The molecule has 0 aliphatic rings. The molecule has 1 amide bonds. The van der Waals surface area contributed by atoms with Crippen LogP contribution < -0.4 is 10.6 Å². The lowest BCUT2D eigenvalue weighted by molar-refractivity contribution is -0.116. The Morgan fingerprint density at radius 2 is 2.08 bits per heavy atom. The number of benzene rings is 1. The van der Waals surface area contributed by atoms with Crippen LogP contribution in [0.15, 0.2) is 22.7 Å². The normalized spacial score (nSPS) is 11.6. The van der Waals surface area contributed by atoms with Crippen molar-refractivity contribution in [2.24, 2.45) is 0 Å². The summed E-state index contributed by atoms with van der Waals surface area (Å²) in [6, 6.07) is 5.66. The van der Waals surface area contributed by atoms with Gasteiger partial charge >= 0.3 is 0 Å². The summed E-state index contributed by atoms with van der Waals surface area (Å²) in [6.07, 6.45) is 2.18. The summed E-state index contributed by atoms with van der Waals surface area (Å²) in [5.41, 5.74) is 0.890. The molecule has 0 aliphatic carbocycles. The van der Waals surface area contributed by atoms with E-state index in [1.165, 1.54) is 0 Å². The van der Waals surface area contributed by atoms with Gasteiger partial charge in [-0.15, -0.1) is 0 Å². The Morgan fingerprint density at radius 1 is 1.36 bits per heavy atom. The van der Waals surface area contributed by atoms with E-state index in [4.69, 9.17) is 11.6 Å². The van der Waals surface area contributed by atoms with Gasteiger partial charge in [0, 0.05) is 22.8 Å². The van der Waals surface area contributed by atoms with Gasteiger partial charge in [0.25, 0.3) is 0 Å². The predicted molar refractivity (Wildman–Crippen MR) is 107 cm³/mol. The zero-order chi connectivity index (χ0) is 18.6. The van der Waals surface area contributed by atoms with Crippen LogP contribution in [-0.2, 0) is 4.79 Å². The van der Waals surface area contributed by atoms with Crippen molar-refractivity contribution in [3.63, 3.8) is 0 Å². The lowest BCUT2D eigenvalue weighted by Crippen LogP contribution is -2.30.